The molecule has 0 saturated heterocycles. The lowest BCUT2D eigenvalue weighted by atomic mass is 10.1. The van der Waals surface area contributed by atoms with Crippen molar-refractivity contribution in [2.75, 3.05) is 0 Å². The summed E-state index contributed by atoms with van der Waals surface area (Å²) in [6.45, 7) is 0. The molecule has 1 atom stereocenters. The van der Waals surface area contributed by atoms with Crippen LogP contribution in [-0.4, -0.2) is 28.9 Å². The molecule has 3 rings (SSSR count). The predicted molar refractivity (Wildman–Crippen MR) is 118 cm³/mol. The molecular weight excluding hydrogens is 411 g/mol. The van der Waals surface area contributed by atoms with Crippen molar-refractivity contribution in [1.82, 2.24) is 10.6 Å². The maximum absolute atomic E-state index is 13.2. The summed E-state index contributed by atoms with van der Waals surface area (Å²) >= 11 is 0. The van der Waals surface area contributed by atoms with Gasteiger partial charge in [-0.25, -0.2) is 9.18 Å². The van der Waals surface area contributed by atoms with Gasteiger partial charge in [0.15, 0.2) is 0 Å². The second kappa shape index (κ2) is 10.7. The monoisotopic (exact) mass is 432 g/mol. The van der Waals surface area contributed by atoms with Crippen LogP contribution >= 0.6 is 0 Å². The fourth-order valence-corrected chi connectivity index (χ4v) is 2.95. The molecule has 0 radical (unpaired) electrons. The number of rotatable bonds is 8. The van der Waals surface area contributed by atoms with Gasteiger partial charge in [-0.2, -0.15) is 0 Å². The van der Waals surface area contributed by atoms with Crippen LogP contribution in [0.2, 0.25) is 0 Å². The van der Waals surface area contributed by atoms with Crippen molar-refractivity contribution in [2.45, 2.75) is 12.5 Å². The van der Waals surface area contributed by atoms with Crippen LogP contribution < -0.4 is 10.6 Å². The Hall–Kier alpha value is -4.26. The van der Waals surface area contributed by atoms with Gasteiger partial charge < -0.3 is 15.7 Å². The van der Waals surface area contributed by atoms with Gasteiger partial charge in [0.05, 0.1) is 0 Å². The average molecular weight is 432 g/mol. The number of benzene rings is 3. The summed E-state index contributed by atoms with van der Waals surface area (Å²) in [4.78, 5) is 37.3. The Kier molecular flexibility index (Phi) is 7.48. The normalized spacial score (nSPS) is 12.0. The van der Waals surface area contributed by atoms with Gasteiger partial charge in [0.2, 0.25) is 0 Å². The molecular formula is C25H21FN2O4. The van der Waals surface area contributed by atoms with Gasteiger partial charge in [0, 0.05) is 12.0 Å². The van der Waals surface area contributed by atoms with Crippen LogP contribution in [0.3, 0.4) is 0 Å². The topological polar surface area (TPSA) is 95.5 Å². The third-order valence-electron chi connectivity index (χ3n) is 4.60. The van der Waals surface area contributed by atoms with Gasteiger partial charge in [-0.3, -0.25) is 9.59 Å². The maximum Gasteiger partial charge on any atom is 0.326 e. The highest BCUT2D eigenvalue weighted by atomic mass is 19.1. The number of carboxylic acids is 1. The van der Waals surface area contributed by atoms with E-state index in [0.717, 1.165) is 5.56 Å². The Morgan fingerprint density at radius 1 is 0.875 bits per heavy atom. The Labute approximate surface area is 184 Å². The number of amides is 2. The van der Waals surface area contributed by atoms with Crippen LogP contribution in [0.4, 0.5) is 4.39 Å². The number of carboxylic acid groups (broad SMARTS) is 1. The molecule has 0 unspecified atom stereocenters. The van der Waals surface area contributed by atoms with Gasteiger partial charge in [0.1, 0.15) is 17.6 Å². The van der Waals surface area contributed by atoms with E-state index < -0.39 is 29.6 Å². The molecule has 0 saturated carbocycles. The summed E-state index contributed by atoms with van der Waals surface area (Å²) in [5.41, 5.74) is 1.35. The van der Waals surface area contributed by atoms with E-state index in [4.69, 9.17) is 0 Å². The van der Waals surface area contributed by atoms with E-state index in [1.807, 2.05) is 0 Å². The molecule has 2 amide bonds. The maximum atomic E-state index is 13.2. The van der Waals surface area contributed by atoms with Crippen molar-refractivity contribution in [1.29, 1.82) is 0 Å². The summed E-state index contributed by atoms with van der Waals surface area (Å²) in [5, 5.41) is 14.6. The molecule has 0 aromatic heterocycles. The Morgan fingerprint density at radius 2 is 1.47 bits per heavy atom. The van der Waals surface area contributed by atoms with Crippen LogP contribution in [0.25, 0.3) is 6.08 Å². The molecule has 0 fully saturated rings. The molecule has 32 heavy (non-hydrogen) atoms. The highest BCUT2D eigenvalue weighted by molar-refractivity contribution is 6.06. The number of carbonyl (C=O) groups is 3. The summed E-state index contributed by atoms with van der Waals surface area (Å²) in [6, 6.07) is 21.2. The molecule has 6 nitrogen and oxygen atoms in total. The van der Waals surface area contributed by atoms with E-state index in [-0.39, 0.29) is 12.1 Å². The van der Waals surface area contributed by atoms with Crippen LogP contribution in [0.15, 0.2) is 90.6 Å². The molecule has 0 aliphatic heterocycles. The van der Waals surface area contributed by atoms with E-state index in [9.17, 15) is 23.9 Å². The SMILES string of the molecule is O=C(N[C@@H](Cc1ccccc1)C(=O)O)/C(=C/c1ccc(F)cc1)NC(=O)c1ccccc1. The zero-order valence-corrected chi connectivity index (χ0v) is 17.0. The fourth-order valence-electron chi connectivity index (χ4n) is 2.95. The third-order valence-corrected chi connectivity index (χ3v) is 4.60. The zero-order valence-electron chi connectivity index (χ0n) is 17.0. The van der Waals surface area contributed by atoms with Crippen molar-refractivity contribution in [3.63, 3.8) is 0 Å². The zero-order chi connectivity index (χ0) is 22.9. The highest BCUT2D eigenvalue weighted by Gasteiger charge is 2.23. The largest absolute Gasteiger partial charge is 0.480 e. The number of nitrogens with one attached hydrogen (secondary N) is 2. The van der Waals surface area contributed by atoms with Crippen LogP contribution in [0.5, 0.6) is 0 Å². The molecule has 0 heterocycles. The molecule has 3 aromatic carbocycles. The summed E-state index contributed by atoms with van der Waals surface area (Å²) < 4.78 is 13.2. The first kappa shape index (κ1) is 22.4. The first-order valence-electron chi connectivity index (χ1n) is 9.83. The molecule has 3 N–H and O–H groups in total. The molecule has 0 aliphatic rings. The minimum absolute atomic E-state index is 0.0678. The summed E-state index contributed by atoms with van der Waals surface area (Å²) in [5.74, 6) is -2.97. The fraction of sp³-hybridized carbons (Fsp3) is 0.0800. The second-order valence-corrected chi connectivity index (χ2v) is 6.98. The average Bonchev–Trinajstić information content (AvgIpc) is 2.80. The number of carbonyl (C=O) groups excluding carboxylic acids is 2. The molecule has 7 heteroatoms. The number of hydrogen-bond acceptors (Lipinski definition) is 3. The van der Waals surface area contributed by atoms with Gasteiger partial charge in [-0.1, -0.05) is 60.7 Å². The van der Waals surface area contributed by atoms with Crippen molar-refractivity contribution in [3.05, 3.63) is 113 Å². The van der Waals surface area contributed by atoms with Crippen molar-refractivity contribution in [2.24, 2.45) is 0 Å². The molecule has 0 aliphatic carbocycles. The lowest BCUT2D eigenvalue weighted by Gasteiger charge is -2.17. The Morgan fingerprint density at radius 3 is 2.06 bits per heavy atom. The lowest BCUT2D eigenvalue weighted by Crippen LogP contribution is -2.45. The van der Waals surface area contributed by atoms with Gasteiger partial charge in [0.25, 0.3) is 11.8 Å². The molecule has 162 valence electrons. The van der Waals surface area contributed by atoms with E-state index >= 15 is 0 Å². The van der Waals surface area contributed by atoms with Crippen LogP contribution in [-0.2, 0) is 16.0 Å². The Balaban J connectivity index is 1.85. The molecule has 0 spiro atoms. The number of aliphatic carboxylic acids is 1. The van der Waals surface area contributed by atoms with Crippen molar-refractivity contribution >= 4 is 23.9 Å². The van der Waals surface area contributed by atoms with Crippen LogP contribution in [0.1, 0.15) is 21.5 Å². The van der Waals surface area contributed by atoms with E-state index in [0.29, 0.717) is 11.1 Å². The minimum Gasteiger partial charge on any atom is -0.480 e. The van der Waals surface area contributed by atoms with Gasteiger partial charge in [-0.15, -0.1) is 0 Å². The second-order valence-electron chi connectivity index (χ2n) is 6.98. The lowest BCUT2D eigenvalue weighted by molar-refractivity contribution is -0.141. The quantitative estimate of drug-likeness (QED) is 0.476. The van der Waals surface area contributed by atoms with E-state index in [1.165, 1.54) is 30.3 Å². The summed E-state index contributed by atoms with van der Waals surface area (Å²) in [7, 11) is 0. The van der Waals surface area contributed by atoms with Crippen LogP contribution in [0, 0.1) is 5.82 Å². The highest BCUT2D eigenvalue weighted by Crippen LogP contribution is 2.10. The Bertz CT molecular complexity index is 1110. The standard InChI is InChI=1S/C25H21FN2O4/c26-20-13-11-18(12-14-20)15-21(27-23(29)19-9-5-2-6-10-19)24(30)28-22(25(31)32)16-17-7-3-1-4-8-17/h1-15,22H,16H2,(H,27,29)(H,28,30)(H,31,32)/b21-15-/t22-/m0/s1. The van der Waals surface area contributed by atoms with E-state index in [1.54, 1.807) is 60.7 Å². The van der Waals surface area contributed by atoms with Gasteiger partial charge in [-0.05, 0) is 41.5 Å². The van der Waals surface area contributed by atoms with Gasteiger partial charge >= 0.3 is 5.97 Å². The van der Waals surface area contributed by atoms with E-state index in [2.05, 4.69) is 10.6 Å². The number of hydrogen-bond donors (Lipinski definition) is 3. The molecule has 0 bridgehead atoms. The predicted octanol–water partition coefficient (Wildman–Crippen LogP) is 3.41. The first-order valence-corrected chi connectivity index (χ1v) is 9.83. The molecule has 3 aromatic rings. The van der Waals surface area contributed by atoms with Crippen molar-refractivity contribution < 1.29 is 23.9 Å². The minimum atomic E-state index is -1.21. The number of halogens is 1. The summed E-state index contributed by atoms with van der Waals surface area (Å²) in [6.07, 6.45) is 1.43. The first-order chi connectivity index (χ1) is 15.4. The smallest absolute Gasteiger partial charge is 0.326 e. The third kappa shape index (κ3) is 6.37. The van der Waals surface area contributed by atoms with Crippen molar-refractivity contribution in [3.8, 4) is 0 Å².